The number of carbonyl (C=O) groups is 1. The first-order chi connectivity index (χ1) is 8.56. The van der Waals surface area contributed by atoms with Crippen LogP contribution in [0.3, 0.4) is 0 Å². The van der Waals surface area contributed by atoms with Crippen LogP contribution < -0.4 is 0 Å². The average Bonchev–Trinajstić information content (AvgIpc) is 2.35. The molecular weight excluding hydrogens is 294 g/mol. The Hall–Kier alpha value is -0.870. The van der Waals surface area contributed by atoms with Crippen molar-refractivity contribution in [3.8, 4) is 0 Å². The molecule has 1 aromatic rings. The minimum atomic E-state index is -0.262. The maximum Gasteiger partial charge on any atom is 0.227 e. The number of benzene rings is 1. The van der Waals surface area contributed by atoms with E-state index in [1.54, 1.807) is 0 Å². The van der Waals surface area contributed by atoms with E-state index in [-0.39, 0.29) is 17.9 Å². The Balaban J connectivity index is 1.94. The van der Waals surface area contributed by atoms with Gasteiger partial charge in [-0.1, -0.05) is 35.0 Å². The largest absolute Gasteiger partial charge is 0.393 e. The summed E-state index contributed by atoms with van der Waals surface area (Å²) < 4.78 is 1.02. The summed E-state index contributed by atoms with van der Waals surface area (Å²) in [6, 6.07) is 7.82. The number of nitrogens with zero attached hydrogens (tertiary/aromatic N) is 1. The molecule has 3 nitrogen and oxygen atoms in total. The summed E-state index contributed by atoms with van der Waals surface area (Å²) in [7, 11) is 0. The van der Waals surface area contributed by atoms with E-state index in [2.05, 4.69) is 15.9 Å². The van der Waals surface area contributed by atoms with Crippen LogP contribution >= 0.6 is 15.9 Å². The van der Waals surface area contributed by atoms with E-state index < -0.39 is 0 Å². The van der Waals surface area contributed by atoms with Gasteiger partial charge in [0.15, 0.2) is 0 Å². The van der Waals surface area contributed by atoms with Crippen molar-refractivity contribution in [2.24, 2.45) is 5.92 Å². The SMILES string of the molecule is CC1CN(C(=O)Cc2ccc(Br)cc2)CCC1O. The molecule has 1 heterocycles. The predicted molar refractivity (Wildman–Crippen MR) is 74.2 cm³/mol. The van der Waals surface area contributed by atoms with Gasteiger partial charge in [-0.3, -0.25) is 4.79 Å². The monoisotopic (exact) mass is 311 g/mol. The number of rotatable bonds is 2. The molecular formula is C14H18BrNO2. The summed E-state index contributed by atoms with van der Waals surface area (Å²) in [5, 5.41) is 9.65. The summed E-state index contributed by atoms with van der Waals surface area (Å²) in [5.41, 5.74) is 1.03. The molecule has 1 amide bonds. The predicted octanol–water partition coefficient (Wildman–Crippen LogP) is 2.22. The fourth-order valence-electron chi connectivity index (χ4n) is 2.25. The molecule has 0 spiro atoms. The molecule has 1 aromatic carbocycles. The van der Waals surface area contributed by atoms with Gasteiger partial charge in [-0.25, -0.2) is 0 Å². The highest BCUT2D eigenvalue weighted by molar-refractivity contribution is 9.10. The molecule has 0 bridgehead atoms. The molecule has 1 aliphatic rings. The van der Waals surface area contributed by atoms with E-state index in [1.165, 1.54) is 0 Å². The van der Waals surface area contributed by atoms with Crippen molar-refractivity contribution in [3.63, 3.8) is 0 Å². The van der Waals surface area contributed by atoms with Crippen molar-refractivity contribution in [2.45, 2.75) is 25.9 Å². The van der Waals surface area contributed by atoms with E-state index in [9.17, 15) is 9.90 Å². The van der Waals surface area contributed by atoms with Gasteiger partial charge in [-0.2, -0.15) is 0 Å². The number of aliphatic hydroxyl groups excluding tert-OH is 1. The van der Waals surface area contributed by atoms with Crippen molar-refractivity contribution in [1.82, 2.24) is 4.90 Å². The van der Waals surface area contributed by atoms with Crippen molar-refractivity contribution in [1.29, 1.82) is 0 Å². The summed E-state index contributed by atoms with van der Waals surface area (Å²) in [5.74, 6) is 0.323. The van der Waals surface area contributed by atoms with Gasteiger partial charge in [-0.15, -0.1) is 0 Å². The van der Waals surface area contributed by atoms with E-state index in [0.717, 1.165) is 10.0 Å². The zero-order valence-corrected chi connectivity index (χ0v) is 12.1. The second-order valence-electron chi connectivity index (χ2n) is 4.98. The molecule has 2 atom stereocenters. The van der Waals surface area contributed by atoms with Crippen molar-refractivity contribution < 1.29 is 9.90 Å². The lowest BCUT2D eigenvalue weighted by atomic mass is 9.96. The molecule has 2 unspecified atom stereocenters. The van der Waals surface area contributed by atoms with Gasteiger partial charge >= 0.3 is 0 Å². The molecule has 1 N–H and O–H groups in total. The Labute approximate surface area is 116 Å². The number of aliphatic hydroxyl groups is 1. The zero-order chi connectivity index (χ0) is 13.1. The smallest absolute Gasteiger partial charge is 0.227 e. The van der Waals surface area contributed by atoms with Crippen molar-refractivity contribution >= 4 is 21.8 Å². The molecule has 0 aliphatic carbocycles. The molecule has 4 heteroatoms. The van der Waals surface area contributed by atoms with Crippen LogP contribution in [0.4, 0.5) is 0 Å². The van der Waals surface area contributed by atoms with Crippen LogP contribution in [0.5, 0.6) is 0 Å². The Bertz CT molecular complexity index is 418. The van der Waals surface area contributed by atoms with Gasteiger partial charge in [0.1, 0.15) is 0 Å². The standard InChI is InChI=1S/C14H18BrNO2/c1-10-9-16(7-6-13(10)17)14(18)8-11-2-4-12(15)5-3-11/h2-5,10,13,17H,6-9H2,1H3. The molecule has 1 aliphatic heterocycles. The van der Waals surface area contributed by atoms with Crippen LogP contribution in [-0.4, -0.2) is 35.1 Å². The number of piperidine rings is 1. The normalized spacial score (nSPS) is 24.1. The number of likely N-dealkylation sites (tertiary alicyclic amines) is 1. The van der Waals surface area contributed by atoms with Gasteiger partial charge in [0.25, 0.3) is 0 Å². The third kappa shape index (κ3) is 3.33. The number of amides is 1. The van der Waals surface area contributed by atoms with Gasteiger partial charge in [0.05, 0.1) is 12.5 Å². The summed E-state index contributed by atoms with van der Waals surface area (Å²) in [6.07, 6.45) is 0.866. The Morgan fingerprint density at radius 2 is 2.11 bits per heavy atom. The fourth-order valence-corrected chi connectivity index (χ4v) is 2.51. The van der Waals surface area contributed by atoms with Crippen LogP contribution in [0.2, 0.25) is 0 Å². The van der Waals surface area contributed by atoms with Crippen molar-refractivity contribution in [3.05, 3.63) is 34.3 Å². The van der Waals surface area contributed by atoms with E-state index in [0.29, 0.717) is 25.9 Å². The molecule has 1 fully saturated rings. The zero-order valence-electron chi connectivity index (χ0n) is 10.5. The average molecular weight is 312 g/mol. The molecule has 1 saturated heterocycles. The van der Waals surface area contributed by atoms with Gasteiger partial charge in [0, 0.05) is 17.6 Å². The highest BCUT2D eigenvalue weighted by Crippen LogP contribution is 2.18. The second-order valence-corrected chi connectivity index (χ2v) is 5.89. The van der Waals surface area contributed by atoms with Crippen LogP contribution in [0.1, 0.15) is 18.9 Å². The summed E-state index contributed by atoms with van der Waals surface area (Å²) >= 11 is 3.38. The first-order valence-electron chi connectivity index (χ1n) is 6.26. The Morgan fingerprint density at radius 1 is 1.44 bits per heavy atom. The number of halogens is 1. The molecule has 0 aromatic heterocycles. The minimum absolute atomic E-state index is 0.149. The first-order valence-corrected chi connectivity index (χ1v) is 7.06. The number of carbonyl (C=O) groups excluding carboxylic acids is 1. The highest BCUT2D eigenvalue weighted by Gasteiger charge is 2.26. The Morgan fingerprint density at radius 3 is 2.72 bits per heavy atom. The lowest BCUT2D eigenvalue weighted by Crippen LogP contribution is -2.45. The lowest BCUT2D eigenvalue weighted by molar-refractivity contribution is -0.133. The second kappa shape index (κ2) is 5.85. The fraction of sp³-hybridized carbons (Fsp3) is 0.500. The summed E-state index contributed by atoms with van der Waals surface area (Å²) in [4.78, 5) is 14.0. The number of hydrogen-bond acceptors (Lipinski definition) is 2. The first kappa shape index (κ1) is 13.6. The van der Waals surface area contributed by atoms with Gasteiger partial charge < -0.3 is 10.0 Å². The van der Waals surface area contributed by atoms with Gasteiger partial charge in [0.2, 0.25) is 5.91 Å². The van der Waals surface area contributed by atoms with Crippen LogP contribution in [0, 0.1) is 5.92 Å². The maximum atomic E-state index is 12.1. The maximum absolute atomic E-state index is 12.1. The lowest BCUT2D eigenvalue weighted by Gasteiger charge is -2.34. The number of hydrogen-bond donors (Lipinski definition) is 1. The third-order valence-corrected chi connectivity index (χ3v) is 4.01. The topological polar surface area (TPSA) is 40.5 Å². The highest BCUT2D eigenvalue weighted by atomic mass is 79.9. The van der Waals surface area contributed by atoms with E-state index >= 15 is 0 Å². The summed E-state index contributed by atoms with van der Waals surface area (Å²) in [6.45, 7) is 3.32. The quantitative estimate of drug-likeness (QED) is 0.910. The van der Waals surface area contributed by atoms with Crippen LogP contribution in [0.15, 0.2) is 28.7 Å². The van der Waals surface area contributed by atoms with E-state index in [4.69, 9.17) is 0 Å². The third-order valence-electron chi connectivity index (χ3n) is 3.48. The van der Waals surface area contributed by atoms with Crippen LogP contribution in [-0.2, 0) is 11.2 Å². The Kier molecular flexibility index (Phi) is 4.40. The molecule has 98 valence electrons. The van der Waals surface area contributed by atoms with Crippen LogP contribution in [0.25, 0.3) is 0 Å². The molecule has 0 saturated carbocycles. The molecule has 0 radical (unpaired) electrons. The minimum Gasteiger partial charge on any atom is -0.393 e. The van der Waals surface area contributed by atoms with Crippen molar-refractivity contribution in [2.75, 3.05) is 13.1 Å². The molecule has 2 rings (SSSR count). The van der Waals surface area contributed by atoms with Gasteiger partial charge in [-0.05, 0) is 30.0 Å². The molecule has 18 heavy (non-hydrogen) atoms. The van der Waals surface area contributed by atoms with E-state index in [1.807, 2.05) is 36.1 Å².